The summed E-state index contributed by atoms with van der Waals surface area (Å²) in [7, 11) is 0. The van der Waals surface area contributed by atoms with E-state index in [0.29, 0.717) is 11.6 Å². The summed E-state index contributed by atoms with van der Waals surface area (Å²) in [6.07, 6.45) is 1.86. The number of nitrogens with zero attached hydrogens (tertiary/aromatic N) is 1. The van der Waals surface area contributed by atoms with Crippen molar-refractivity contribution in [3.63, 3.8) is 0 Å². The molecule has 0 atom stereocenters. The van der Waals surface area contributed by atoms with E-state index in [4.69, 9.17) is 26.1 Å². The summed E-state index contributed by atoms with van der Waals surface area (Å²) in [6.45, 7) is 0.379. The van der Waals surface area contributed by atoms with Gasteiger partial charge in [0.15, 0.2) is 0 Å². The Balaban J connectivity index is 1.40. The van der Waals surface area contributed by atoms with Crippen LogP contribution >= 0.6 is 11.6 Å². The highest BCUT2D eigenvalue weighted by Gasteiger charge is 2.09. The molecule has 5 aromatic carbocycles. The SMILES string of the molecule is Clc1ccccc1COc1ccc2ccccc2c1C=Nc1ccc(Oc2ccccc2)cc1. The standard InChI is InChI=1S/C30H22ClNO2/c31-29-13-7-5-9-23(29)21-33-30-19-14-22-8-4-6-12-27(22)28(30)20-32-24-15-17-26(18-16-24)34-25-10-2-1-3-11-25/h1-20H,21H2. The van der Waals surface area contributed by atoms with Crippen molar-refractivity contribution in [3.05, 3.63) is 131 Å². The van der Waals surface area contributed by atoms with Crippen LogP contribution in [-0.2, 0) is 6.61 Å². The summed E-state index contributed by atoms with van der Waals surface area (Å²) in [5, 5.41) is 2.89. The Kier molecular flexibility index (Phi) is 6.55. The van der Waals surface area contributed by atoms with Gasteiger partial charge in [0.25, 0.3) is 0 Å². The van der Waals surface area contributed by atoms with Crippen molar-refractivity contribution in [3.8, 4) is 17.2 Å². The molecule has 0 saturated carbocycles. The monoisotopic (exact) mass is 463 g/mol. The van der Waals surface area contributed by atoms with Crippen molar-refractivity contribution in [2.45, 2.75) is 6.61 Å². The molecule has 5 rings (SSSR count). The smallest absolute Gasteiger partial charge is 0.129 e. The van der Waals surface area contributed by atoms with Crippen molar-refractivity contribution in [2.75, 3.05) is 0 Å². The van der Waals surface area contributed by atoms with Gasteiger partial charge in [0, 0.05) is 22.4 Å². The van der Waals surface area contributed by atoms with E-state index in [9.17, 15) is 0 Å². The zero-order chi connectivity index (χ0) is 23.2. The van der Waals surface area contributed by atoms with Crippen LogP contribution in [0.15, 0.2) is 120 Å². The number of hydrogen-bond acceptors (Lipinski definition) is 3. The lowest BCUT2D eigenvalue weighted by atomic mass is 10.0. The van der Waals surface area contributed by atoms with Crippen LogP contribution in [0.3, 0.4) is 0 Å². The number of para-hydroxylation sites is 1. The fourth-order valence-electron chi connectivity index (χ4n) is 3.67. The molecule has 34 heavy (non-hydrogen) atoms. The lowest BCUT2D eigenvalue weighted by Crippen LogP contribution is -1.99. The molecule has 0 bridgehead atoms. The maximum atomic E-state index is 6.31. The van der Waals surface area contributed by atoms with Gasteiger partial charge < -0.3 is 9.47 Å². The number of ether oxygens (including phenoxy) is 2. The van der Waals surface area contributed by atoms with Gasteiger partial charge in [-0.3, -0.25) is 4.99 Å². The second-order valence-corrected chi connectivity index (χ2v) is 8.15. The van der Waals surface area contributed by atoms with Crippen molar-refractivity contribution >= 4 is 34.3 Å². The van der Waals surface area contributed by atoms with Gasteiger partial charge in [0.05, 0.1) is 5.69 Å². The molecule has 0 aliphatic carbocycles. The van der Waals surface area contributed by atoms with Gasteiger partial charge in [-0.15, -0.1) is 0 Å². The molecule has 0 saturated heterocycles. The Labute approximate surface area is 203 Å². The van der Waals surface area contributed by atoms with E-state index >= 15 is 0 Å². The molecule has 5 aromatic rings. The van der Waals surface area contributed by atoms with Gasteiger partial charge in [0.1, 0.15) is 23.9 Å². The fourth-order valence-corrected chi connectivity index (χ4v) is 3.86. The van der Waals surface area contributed by atoms with Gasteiger partial charge in [-0.25, -0.2) is 0 Å². The van der Waals surface area contributed by atoms with E-state index in [1.54, 1.807) is 0 Å². The topological polar surface area (TPSA) is 30.8 Å². The molecular formula is C30H22ClNO2. The molecule has 0 unspecified atom stereocenters. The Morgan fingerprint density at radius 1 is 0.676 bits per heavy atom. The largest absolute Gasteiger partial charge is 0.488 e. The number of halogens is 1. The molecule has 0 aromatic heterocycles. The predicted molar refractivity (Wildman–Crippen MR) is 140 cm³/mol. The highest BCUT2D eigenvalue weighted by molar-refractivity contribution is 6.31. The van der Waals surface area contributed by atoms with E-state index in [0.717, 1.165) is 44.8 Å². The molecule has 166 valence electrons. The number of aliphatic imine (C=N–C) groups is 1. The Morgan fingerprint density at radius 2 is 1.38 bits per heavy atom. The van der Waals surface area contributed by atoms with Gasteiger partial charge >= 0.3 is 0 Å². The second-order valence-electron chi connectivity index (χ2n) is 7.75. The van der Waals surface area contributed by atoms with Crippen LogP contribution < -0.4 is 9.47 Å². The lowest BCUT2D eigenvalue weighted by molar-refractivity contribution is 0.306. The molecular weight excluding hydrogens is 442 g/mol. The van der Waals surface area contributed by atoms with Crippen LogP contribution in [0.2, 0.25) is 5.02 Å². The highest BCUT2D eigenvalue weighted by Crippen LogP contribution is 2.29. The van der Waals surface area contributed by atoms with Crippen LogP contribution in [0.5, 0.6) is 17.2 Å². The Bertz CT molecular complexity index is 1430. The summed E-state index contributed by atoms with van der Waals surface area (Å²) in [6, 6.07) is 37.4. The minimum atomic E-state index is 0.379. The van der Waals surface area contributed by atoms with Crippen LogP contribution in [0.25, 0.3) is 10.8 Å². The van der Waals surface area contributed by atoms with Crippen molar-refractivity contribution in [1.29, 1.82) is 0 Å². The number of rotatable bonds is 7. The summed E-state index contributed by atoms with van der Waals surface area (Å²) in [5.74, 6) is 2.32. The fraction of sp³-hybridized carbons (Fsp3) is 0.0333. The van der Waals surface area contributed by atoms with Crippen molar-refractivity contribution in [2.24, 2.45) is 4.99 Å². The second kappa shape index (κ2) is 10.2. The molecule has 0 radical (unpaired) electrons. The molecule has 0 N–H and O–H groups in total. The van der Waals surface area contributed by atoms with Crippen LogP contribution in [0.4, 0.5) is 5.69 Å². The van der Waals surface area contributed by atoms with E-state index in [1.165, 1.54) is 0 Å². The van der Waals surface area contributed by atoms with Crippen molar-refractivity contribution < 1.29 is 9.47 Å². The average molecular weight is 464 g/mol. The van der Waals surface area contributed by atoms with Gasteiger partial charge in [-0.1, -0.05) is 78.3 Å². The summed E-state index contributed by atoms with van der Waals surface area (Å²) < 4.78 is 12.1. The summed E-state index contributed by atoms with van der Waals surface area (Å²) in [5.41, 5.74) is 2.69. The first-order valence-corrected chi connectivity index (χ1v) is 11.4. The van der Waals surface area contributed by atoms with E-state index in [2.05, 4.69) is 18.2 Å². The van der Waals surface area contributed by atoms with Gasteiger partial charge in [0.2, 0.25) is 0 Å². The van der Waals surface area contributed by atoms with Gasteiger partial charge in [-0.2, -0.15) is 0 Å². The van der Waals surface area contributed by atoms with Crippen LogP contribution in [-0.4, -0.2) is 6.21 Å². The number of hydrogen-bond donors (Lipinski definition) is 0. The first-order chi connectivity index (χ1) is 16.8. The minimum Gasteiger partial charge on any atom is -0.488 e. The third-order valence-electron chi connectivity index (χ3n) is 5.43. The van der Waals surface area contributed by atoms with Crippen molar-refractivity contribution in [1.82, 2.24) is 0 Å². The lowest BCUT2D eigenvalue weighted by Gasteiger charge is -2.12. The van der Waals surface area contributed by atoms with E-state index < -0.39 is 0 Å². The summed E-state index contributed by atoms with van der Waals surface area (Å²) >= 11 is 6.31. The third-order valence-corrected chi connectivity index (χ3v) is 5.80. The molecule has 4 heteroatoms. The molecule has 0 fully saturated rings. The highest BCUT2D eigenvalue weighted by atomic mass is 35.5. The normalized spacial score (nSPS) is 11.1. The molecule has 0 aliphatic rings. The average Bonchev–Trinajstić information content (AvgIpc) is 2.88. The quantitative estimate of drug-likeness (QED) is 0.226. The Hall–Kier alpha value is -4.08. The molecule has 3 nitrogen and oxygen atoms in total. The molecule has 0 heterocycles. The number of benzene rings is 5. The molecule has 0 aliphatic heterocycles. The first-order valence-electron chi connectivity index (χ1n) is 11.0. The third kappa shape index (κ3) is 5.11. The zero-order valence-electron chi connectivity index (χ0n) is 18.4. The molecule has 0 spiro atoms. The van der Waals surface area contributed by atoms with Crippen LogP contribution in [0, 0.1) is 0 Å². The van der Waals surface area contributed by atoms with E-state index in [-0.39, 0.29) is 0 Å². The Morgan fingerprint density at radius 3 is 2.21 bits per heavy atom. The summed E-state index contributed by atoms with van der Waals surface area (Å²) in [4.78, 5) is 4.72. The van der Waals surface area contributed by atoms with Gasteiger partial charge in [-0.05, 0) is 59.3 Å². The number of fused-ring (bicyclic) bond motifs is 1. The van der Waals surface area contributed by atoms with Crippen LogP contribution in [0.1, 0.15) is 11.1 Å². The maximum absolute atomic E-state index is 6.31. The van der Waals surface area contributed by atoms with E-state index in [1.807, 2.05) is 103 Å². The first kappa shape index (κ1) is 21.7. The maximum Gasteiger partial charge on any atom is 0.129 e. The molecule has 0 amide bonds. The zero-order valence-corrected chi connectivity index (χ0v) is 19.2. The minimum absolute atomic E-state index is 0.379. The predicted octanol–water partition coefficient (Wildman–Crippen LogP) is 8.62.